The minimum absolute atomic E-state index is 0.201. The number of benzene rings is 1. The molecule has 0 aliphatic carbocycles. The molecular weight excluding hydrogens is 396 g/mol. The summed E-state index contributed by atoms with van der Waals surface area (Å²) in [5.74, 6) is 0.00266. The van der Waals surface area contributed by atoms with E-state index in [1.807, 2.05) is 35.7 Å². The summed E-state index contributed by atoms with van der Waals surface area (Å²) in [6.45, 7) is 5.23. The van der Waals surface area contributed by atoms with E-state index in [4.69, 9.17) is 4.42 Å². The Hall–Kier alpha value is -2.65. The van der Waals surface area contributed by atoms with E-state index < -0.39 is 10.8 Å². The number of nitrogens with one attached hydrogen (secondary N) is 1. The molecular formula is C19H18N4O3S2. The lowest BCUT2D eigenvalue weighted by Gasteiger charge is -2.42. The number of hydrogen-bond acceptors (Lipinski definition) is 7. The fourth-order valence-electron chi connectivity index (χ4n) is 2.99. The maximum atomic E-state index is 13.3. The van der Waals surface area contributed by atoms with E-state index in [0.29, 0.717) is 22.5 Å². The summed E-state index contributed by atoms with van der Waals surface area (Å²) >= 11 is 2.69. The van der Waals surface area contributed by atoms with Crippen LogP contribution in [0.4, 0.5) is 11.4 Å². The molecule has 0 saturated heterocycles. The lowest BCUT2D eigenvalue weighted by molar-refractivity contribution is -0.126. The van der Waals surface area contributed by atoms with Crippen LogP contribution in [0.15, 0.2) is 51.4 Å². The molecule has 1 aliphatic heterocycles. The fourth-order valence-corrected chi connectivity index (χ4v) is 4.35. The summed E-state index contributed by atoms with van der Waals surface area (Å²) in [5.41, 5.74) is 0.279. The van der Waals surface area contributed by atoms with Crippen LogP contribution >= 0.6 is 23.1 Å². The van der Waals surface area contributed by atoms with Crippen LogP contribution in [0.1, 0.15) is 20.8 Å². The molecule has 0 spiro atoms. The normalized spacial score (nSPS) is 16.4. The third-order valence-corrected chi connectivity index (χ3v) is 6.27. The Morgan fingerprint density at radius 1 is 1.25 bits per heavy atom. The zero-order chi connectivity index (χ0) is 19.9. The van der Waals surface area contributed by atoms with Crippen molar-refractivity contribution in [3.63, 3.8) is 0 Å². The summed E-state index contributed by atoms with van der Waals surface area (Å²) in [6.07, 6.45) is 0. The van der Waals surface area contributed by atoms with Crippen molar-refractivity contribution < 1.29 is 14.0 Å². The number of amides is 2. The molecule has 9 heteroatoms. The minimum atomic E-state index is -1.02. The van der Waals surface area contributed by atoms with Gasteiger partial charge in [-0.15, -0.1) is 21.5 Å². The number of thioether (sulfide) groups is 1. The quantitative estimate of drug-likeness (QED) is 0.648. The molecule has 0 saturated carbocycles. The Morgan fingerprint density at radius 2 is 2.04 bits per heavy atom. The third kappa shape index (κ3) is 3.20. The molecule has 3 heterocycles. The van der Waals surface area contributed by atoms with E-state index in [9.17, 15) is 9.59 Å². The number of carbonyl (C=O) groups excluding carboxylic acids is 2. The van der Waals surface area contributed by atoms with Crippen molar-refractivity contribution in [1.82, 2.24) is 10.2 Å². The Balaban J connectivity index is 1.59. The van der Waals surface area contributed by atoms with Gasteiger partial charge in [0.05, 0.1) is 21.5 Å². The van der Waals surface area contributed by atoms with Crippen molar-refractivity contribution in [2.45, 2.75) is 36.8 Å². The SMILES string of the molecule is C[C@@H](Sc1nnc(-c2cccs2)o1)C(=O)N1c2ccccc2NC(=O)C1(C)C. The number of anilines is 2. The van der Waals surface area contributed by atoms with Gasteiger partial charge in [0.15, 0.2) is 0 Å². The second-order valence-electron chi connectivity index (χ2n) is 6.81. The van der Waals surface area contributed by atoms with E-state index in [-0.39, 0.29) is 11.8 Å². The standard InChI is InChI=1S/C19H18N4O3S2/c1-11(28-18-22-21-15(26-18)14-9-6-10-27-14)16(24)23-13-8-5-4-7-12(13)20-17(25)19(23,2)3/h4-11H,1-3H3,(H,20,25)/t11-/m1/s1. The smallest absolute Gasteiger partial charge is 0.277 e. The number of fused-ring (bicyclic) bond motifs is 1. The molecule has 4 rings (SSSR count). The molecule has 0 bridgehead atoms. The number of nitrogens with zero attached hydrogens (tertiary/aromatic N) is 3. The molecule has 0 radical (unpaired) electrons. The van der Waals surface area contributed by atoms with Crippen LogP contribution in [-0.2, 0) is 9.59 Å². The molecule has 7 nitrogen and oxygen atoms in total. The highest BCUT2D eigenvalue weighted by Crippen LogP contribution is 2.39. The molecule has 1 N–H and O–H groups in total. The molecule has 1 aromatic carbocycles. The van der Waals surface area contributed by atoms with Crippen molar-refractivity contribution in [3.8, 4) is 10.8 Å². The monoisotopic (exact) mass is 414 g/mol. The molecule has 28 heavy (non-hydrogen) atoms. The van der Waals surface area contributed by atoms with E-state index in [1.165, 1.54) is 23.1 Å². The first kappa shape index (κ1) is 18.7. The van der Waals surface area contributed by atoms with Crippen molar-refractivity contribution in [2.24, 2.45) is 0 Å². The maximum absolute atomic E-state index is 13.3. The second kappa shape index (κ2) is 7.06. The molecule has 0 unspecified atom stereocenters. The van der Waals surface area contributed by atoms with Crippen LogP contribution in [-0.4, -0.2) is 32.8 Å². The zero-order valence-corrected chi connectivity index (χ0v) is 17.1. The van der Waals surface area contributed by atoms with Crippen LogP contribution in [0.5, 0.6) is 0 Å². The van der Waals surface area contributed by atoms with Gasteiger partial charge in [0.2, 0.25) is 11.8 Å². The molecule has 3 aromatic rings. The summed E-state index contributed by atoms with van der Waals surface area (Å²) in [7, 11) is 0. The number of rotatable bonds is 4. The van der Waals surface area contributed by atoms with Crippen LogP contribution in [0.2, 0.25) is 0 Å². The average molecular weight is 415 g/mol. The maximum Gasteiger partial charge on any atom is 0.277 e. The predicted molar refractivity (Wildman–Crippen MR) is 110 cm³/mol. The molecule has 1 atom stereocenters. The van der Waals surface area contributed by atoms with Crippen LogP contribution in [0.25, 0.3) is 10.8 Å². The molecule has 2 amide bonds. The van der Waals surface area contributed by atoms with Gasteiger partial charge < -0.3 is 9.73 Å². The highest BCUT2D eigenvalue weighted by Gasteiger charge is 2.45. The van der Waals surface area contributed by atoms with Gasteiger partial charge in [-0.05, 0) is 44.4 Å². The number of thiophene rings is 1. The number of para-hydroxylation sites is 2. The second-order valence-corrected chi connectivity index (χ2v) is 9.05. The van der Waals surface area contributed by atoms with Crippen molar-refractivity contribution in [2.75, 3.05) is 10.2 Å². The van der Waals surface area contributed by atoms with Gasteiger partial charge in [-0.2, -0.15) is 0 Å². The minimum Gasteiger partial charge on any atom is -0.410 e. The van der Waals surface area contributed by atoms with Gasteiger partial charge in [0, 0.05) is 0 Å². The van der Waals surface area contributed by atoms with Gasteiger partial charge in [-0.1, -0.05) is 30.0 Å². The average Bonchev–Trinajstić information content (AvgIpc) is 3.33. The van der Waals surface area contributed by atoms with Gasteiger partial charge in [-0.25, -0.2) is 0 Å². The van der Waals surface area contributed by atoms with Crippen LogP contribution in [0, 0.1) is 0 Å². The van der Waals surface area contributed by atoms with E-state index in [1.54, 1.807) is 31.7 Å². The number of carbonyl (C=O) groups is 2. The Bertz CT molecular complexity index is 1030. The Kier molecular flexibility index (Phi) is 4.72. The first-order valence-electron chi connectivity index (χ1n) is 8.66. The molecule has 144 valence electrons. The molecule has 1 aliphatic rings. The Morgan fingerprint density at radius 3 is 2.79 bits per heavy atom. The molecule has 2 aromatic heterocycles. The number of hydrogen-bond donors (Lipinski definition) is 1. The van der Waals surface area contributed by atoms with E-state index in [0.717, 1.165) is 4.88 Å². The van der Waals surface area contributed by atoms with Crippen molar-refractivity contribution in [3.05, 3.63) is 41.8 Å². The highest BCUT2D eigenvalue weighted by molar-refractivity contribution is 8.00. The van der Waals surface area contributed by atoms with Gasteiger partial charge in [0.25, 0.3) is 11.1 Å². The number of aromatic nitrogens is 2. The van der Waals surface area contributed by atoms with Crippen molar-refractivity contribution >= 4 is 46.3 Å². The highest BCUT2D eigenvalue weighted by atomic mass is 32.2. The summed E-state index contributed by atoms with van der Waals surface area (Å²) in [4.78, 5) is 28.3. The summed E-state index contributed by atoms with van der Waals surface area (Å²) in [5, 5.41) is 12.7. The largest absolute Gasteiger partial charge is 0.410 e. The first-order chi connectivity index (χ1) is 13.4. The van der Waals surface area contributed by atoms with Gasteiger partial charge >= 0.3 is 0 Å². The lowest BCUT2D eigenvalue weighted by atomic mass is 9.96. The van der Waals surface area contributed by atoms with E-state index in [2.05, 4.69) is 15.5 Å². The Labute approximate surface area is 170 Å². The van der Waals surface area contributed by atoms with Gasteiger partial charge in [0.1, 0.15) is 5.54 Å². The zero-order valence-electron chi connectivity index (χ0n) is 15.5. The predicted octanol–water partition coefficient (Wildman–Crippen LogP) is 4.04. The fraction of sp³-hybridized carbons (Fsp3) is 0.263. The lowest BCUT2D eigenvalue weighted by Crippen LogP contribution is -2.60. The topological polar surface area (TPSA) is 88.3 Å². The first-order valence-corrected chi connectivity index (χ1v) is 10.4. The summed E-state index contributed by atoms with van der Waals surface area (Å²) < 4.78 is 5.68. The van der Waals surface area contributed by atoms with Crippen LogP contribution in [0.3, 0.4) is 0 Å². The molecule has 0 fully saturated rings. The van der Waals surface area contributed by atoms with Crippen LogP contribution < -0.4 is 10.2 Å². The van der Waals surface area contributed by atoms with Gasteiger partial charge in [-0.3, -0.25) is 14.5 Å². The van der Waals surface area contributed by atoms with E-state index >= 15 is 0 Å². The van der Waals surface area contributed by atoms with Crippen molar-refractivity contribution in [1.29, 1.82) is 0 Å². The summed E-state index contributed by atoms with van der Waals surface area (Å²) in [6, 6.07) is 11.1. The third-order valence-electron chi connectivity index (χ3n) is 4.49.